The number of aryl methyl sites for hydroxylation is 1. The van der Waals surface area contributed by atoms with Crippen LogP contribution in [-0.2, 0) is 6.18 Å². The number of hydrogen-bond donors (Lipinski definition) is 1. The van der Waals surface area contributed by atoms with Gasteiger partial charge in [-0.05, 0) is 53.9 Å². The lowest BCUT2D eigenvalue weighted by atomic mass is 10.1. The molecule has 9 heteroatoms. The maximum absolute atomic E-state index is 13.1. The lowest BCUT2D eigenvalue weighted by Gasteiger charge is -2.09. The maximum Gasteiger partial charge on any atom is 0.416 e. The van der Waals surface area contributed by atoms with Gasteiger partial charge in [-0.25, -0.2) is 9.97 Å². The lowest BCUT2D eigenvalue weighted by molar-refractivity contribution is -0.137. The summed E-state index contributed by atoms with van der Waals surface area (Å²) >= 11 is 0. The summed E-state index contributed by atoms with van der Waals surface area (Å²) < 4.78 is 45.7. The number of fused-ring (bicyclic) bond motifs is 1. The molecule has 1 amide bonds. The highest BCUT2D eigenvalue weighted by Gasteiger charge is 2.30. The van der Waals surface area contributed by atoms with Crippen LogP contribution in [0.5, 0.6) is 0 Å². The average molecular weight is 462 g/mol. The van der Waals surface area contributed by atoms with Crippen molar-refractivity contribution in [2.75, 3.05) is 5.32 Å². The molecule has 0 bridgehead atoms. The molecule has 0 aliphatic carbocycles. The molecule has 0 saturated heterocycles. The maximum atomic E-state index is 13.1. The normalized spacial score (nSPS) is 11.6. The number of carbonyl (C=O) groups is 1. The molecule has 0 aliphatic heterocycles. The number of pyridine rings is 2. The number of carbonyl (C=O) groups excluding carboxylic acids is 1. The Morgan fingerprint density at radius 2 is 1.76 bits per heavy atom. The van der Waals surface area contributed by atoms with E-state index >= 15 is 0 Å². The zero-order chi connectivity index (χ0) is 23.9. The van der Waals surface area contributed by atoms with Crippen LogP contribution in [0.25, 0.3) is 28.0 Å². The number of halogens is 3. The van der Waals surface area contributed by atoms with Crippen molar-refractivity contribution in [1.29, 1.82) is 0 Å². The Kier molecular flexibility index (Phi) is 5.16. The molecule has 4 aromatic heterocycles. The van der Waals surface area contributed by atoms with Crippen molar-refractivity contribution in [1.82, 2.24) is 14.4 Å². The number of aromatic nitrogens is 3. The second kappa shape index (κ2) is 8.18. The summed E-state index contributed by atoms with van der Waals surface area (Å²) in [5.41, 5.74) is 3.50. The van der Waals surface area contributed by atoms with Gasteiger partial charge in [0.25, 0.3) is 5.91 Å². The van der Waals surface area contributed by atoms with Crippen LogP contribution >= 0.6 is 0 Å². The number of nitrogens with one attached hydrogen (secondary N) is 1. The molecule has 0 atom stereocenters. The number of amides is 1. The molecule has 0 radical (unpaired) electrons. The second-order valence-electron chi connectivity index (χ2n) is 7.74. The molecule has 0 aliphatic rings. The molecule has 5 rings (SSSR count). The standard InChI is InChI=1S/C25H17F3N4O2/c1-15-2-9-22(29-11-15)31-24(33)20-10-19-8-5-17(12-32(19)23(20)21-13-34-14-30-21)16-3-6-18(7-4-16)25(26,27)28/h2-14H,1H3,(H,29,31,33). The van der Waals surface area contributed by atoms with Crippen molar-refractivity contribution in [3.05, 3.63) is 96.3 Å². The molecule has 0 fully saturated rings. The number of oxazole rings is 1. The fourth-order valence-electron chi connectivity index (χ4n) is 3.68. The fourth-order valence-corrected chi connectivity index (χ4v) is 3.68. The zero-order valence-corrected chi connectivity index (χ0v) is 17.8. The van der Waals surface area contributed by atoms with Gasteiger partial charge in [0.05, 0.1) is 16.8 Å². The first-order valence-corrected chi connectivity index (χ1v) is 10.2. The van der Waals surface area contributed by atoms with Crippen molar-refractivity contribution in [3.8, 4) is 22.5 Å². The molecular formula is C25H17F3N4O2. The number of hydrogen-bond acceptors (Lipinski definition) is 4. The van der Waals surface area contributed by atoms with Gasteiger partial charge in [0.15, 0.2) is 6.39 Å². The van der Waals surface area contributed by atoms with E-state index in [1.165, 1.54) is 24.8 Å². The Morgan fingerprint density at radius 3 is 2.41 bits per heavy atom. The Morgan fingerprint density at radius 1 is 1.00 bits per heavy atom. The summed E-state index contributed by atoms with van der Waals surface area (Å²) in [7, 11) is 0. The molecule has 34 heavy (non-hydrogen) atoms. The van der Waals surface area contributed by atoms with Gasteiger partial charge in [0, 0.05) is 17.9 Å². The number of anilines is 1. The highest BCUT2D eigenvalue weighted by molar-refractivity contribution is 6.09. The van der Waals surface area contributed by atoms with E-state index in [0.29, 0.717) is 39.4 Å². The van der Waals surface area contributed by atoms with Crippen LogP contribution in [0.3, 0.4) is 0 Å². The molecule has 0 saturated carbocycles. The summed E-state index contributed by atoms with van der Waals surface area (Å²) in [5.74, 6) is 0.0246. The summed E-state index contributed by atoms with van der Waals surface area (Å²) in [6.07, 6.45) is 1.69. The predicted octanol–water partition coefficient (Wildman–Crippen LogP) is 6.24. The summed E-state index contributed by atoms with van der Waals surface area (Å²) in [6.45, 7) is 1.90. The van der Waals surface area contributed by atoms with E-state index in [1.54, 1.807) is 41.1 Å². The van der Waals surface area contributed by atoms with Crippen LogP contribution in [0.2, 0.25) is 0 Å². The van der Waals surface area contributed by atoms with E-state index in [-0.39, 0.29) is 5.91 Å². The number of alkyl halides is 3. The molecular weight excluding hydrogens is 445 g/mol. The smallest absolute Gasteiger partial charge is 0.416 e. The van der Waals surface area contributed by atoms with Gasteiger partial charge in [0.1, 0.15) is 17.8 Å². The molecule has 5 aromatic rings. The third kappa shape index (κ3) is 4.03. The van der Waals surface area contributed by atoms with E-state index in [1.807, 2.05) is 13.0 Å². The Hall–Kier alpha value is -4.40. The van der Waals surface area contributed by atoms with Crippen LogP contribution in [0.1, 0.15) is 21.5 Å². The molecule has 1 aromatic carbocycles. The van der Waals surface area contributed by atoms with Crippen LogP contribution in [0.4, 0.5) is 19.0 Å². The SMILES string of the molecule is Cc1ccc(NC(=O)c2cc3ccc(-c4ccc(C(F)(F)F)cc4)cn3c2-c2cocn2)nc1. The third-order valence-electron chi connectivity index (χ3n) is 5.39. The van der Waals surface area contributed by atoms with Crippen LogP contribution in [0, 0.1) is 6.92 Å². The minimum absolute atomic E-state index is 0.348. The highest BCUT2D eigenvalue weighted by Crippen LogP contribution is 2.33. The summed E-state index contributed by atoms with van der Waals surface area (Å²) in [4.78, 5) is 21.6. The van der Waals surface area contributed by atoms with Gasteiger partial charge in [0.2, 0.25) is 0 Å². The van der Waals surface area contributed by atoms with Gasteiger partial charge >= 0.3 is 6.18 Å². The number of nitrogens with zero attached hydrogens (tertiary/aromatic N) is 3. The van der Waals surface area contributed by atoms with Gasteiger partial charge in [-0.3, -0.25) is 4.79 Å². The Bertz CT molecular complexity index is 1470. The first-order valence-electron chi connectivity index (χ1n) is 10.2. The second-order valence-corrected chi connectivity index (χ2v) is 7.74. The van der Waals surface area contributed by atoms with Crippen molar-refractivity contribution < 1.29 is 22.4 Å². The minimum Gasteiger partial charge on any atom is -0.451 e. The van der Waals surface area contributed by atoms with E-state index in [9.17, 15) is 18.0 Å². The molecule has 170 valence electrons. The first-order chi connectivity index (χ1) is 16.3. The van der Waals surface area contributed by atoms with Crippen LogP contribution in [0.15, 0.2) is 84.1 Å². The molecule has 0 spiro atoms. The molecule has 0 unspecified atom stereocenters. The molecule has 4 heterocycles. The lowest BCUT2D eigenvalue weighted by Crippen LogP contribution is -2.13. The van der Waals surface area contributed by atoms with Gasteiger partial charge in [-0.1, -0.05) is 24.3 Å². The zero-order valence-electron chi connectivity index (χ0n) is 17.8. The van der Waals surface area contributed by atoms with Crippen molar-refractivity contribution in [3.63, 3.8) is 0 Å². The first kappa shape index (κ1) is 21.4. The Labute approximate surface area is 191 Å². The fraction of sp³-hybridized carbons (Fsp3) is 0.0800. The van der Waals surface area contributed by atoms with E-state index in [2.05, 4.69) is 15.3 Å². The minimum atomic E-state index is -4.41. The average Bonchev–Trinajstić information content (AvgIpc) is 3.47. The van der Waals surface area contributed by atoms with Gasteiger partial charge in [-0.2, -0.15) is 13.2 Å². The number of rotatable bonds is 4. The van der Waals surface area contributed by atoms with Crippen molar-refractivity contribution in [2.24, 2.45) is 0 Å². The quantitative estimate of drug-likeness (QED) is 0.343. The largest absolute Gasteiger partial charge is 0.451 e. The predicted molar refractivity (Wildman–Crippen MR) is 120 cm³/mol. The van der Waals surface area contributed by atoms with E-state index in [0.717, 1.165) is 17.7 Å². The molecule has 1 N–H and O–H groups in total. The van der Waals surface area contributed by atoms with Crippen molar-refractivity contribution >= 4 is 17.2 Å². The summed E-state index contributed by atoms with van der Waals surface area (Å²) in [5, 5.41) is 2.79. The Balaban J connectivity index is 1.58. The monoisotopic (exact) mass is 462 g/mol. The molecule has 6 nitrogen and oxygen atoms in total. The van der Waals surface area contributed by atoms with Gasteiger partial charge < -0.3 is 14.1 Å². The van der Waals surface area contributed by atoms with Crippen LogP contribution < -0.4 is 5.32 Å². The van der Waals surface area contributed by atoms with E-state index in [4.69, 9.17) is 4.42 Å². The van der Waals surface area contributed by atoms with Gasteiger partial charge in [-0.15, -0.1) is 0 Å². The van der Waals surface area contributed by atoms with Crippen LogP contribution in [-0.4, -0.2) is 20.3 Å². The third-order valence-corrected chi connectivity index (χ3v) is 5.39. The van der Waals surface area contributed by atoms with E-state index < -0.39 is 11.7 Å². The topological polar surface area (TPSA) is 72.4 Å². The highest BCUT2D eigenvalue weighted by atomic mass is 19.4. The van der Waals surface area contributed by atoms with Crippen molar-refractivity contribution in [2.45, 2.75) is 13.1 Å². The summed E-state index contributed by atoms with van der Waals surface area (Å²) in [6, 6.07) is 13.8. The number of benzene rings is 1.